The molecule has 0 saturated carbocycles. The molecule has 0 aromatic carbocycles. The van der Waals surface area contributed by atoms with Gasteiger partial charge >= 0.3 is 24.2 Å². The summed E-state index contributed by atoms with van der Waals surface area (Å²) >= 11 is 0. The smallest absolute Gasteiger partial charge is 0.435 e. The molecule has 0 aliphatic heterocycles. The van der Waals surface area contributed by atoms with Crippen LogP contribution in [0.15, 0.2) is 0 Å². The van der Waals surface area contributed by atoms with Gasteiger partial charge in [0.2, 0.25) is 12.6 Å². The van der Waals surface area contributed by atoms with Crippen LogP contribution in [0, 0.1) is 0 Å². The molecule has 0 aromatic rings. The van der Waals surface area contributed by atoms with Gasteiger partial charge in [-0.05, 0) is 26.7 Å². The highest BCUT2D eigenvalue weighted by molar-refractivity contribution is 5.70. The Morgan fingerprint density at radius 1 is 0.586 bits per heavy atom. The maximum absolute atomic E-state index is 11.6. The van der Waals surface area contributed by atoms with E-state index in [4.69, 9.17) is 18.9 Å². The number of ether oxygens (including phenoxy) is 6. The van der Waals surface area contributed by atoms with Crippen molar-refractivity contribution in [3.8, 4) is 0 Å². The predicted molar refractivity (Wildman–Crippen MR) is 99.6 cm³/mol. The first kappa shape index (κ1) is 26.5. The minimum Gasteiger partial charge on any atom is -0.435 e. The van der Waals surface area contributed by atoms with E-state index in [0.29, 0.717) is 12.8 Å². The molecule has 0 radical (unpaired) electrons. The van der Waals surface area contributed by atoms with E-state index in [2.05, 4.69) is 9.47 Å². The van der Waals surface area contributed by atoms with Crippen molar-refractivity contribution in [1.29, 1.82) is 0 Å². The molecular weight excluding hydrogens is 388 g/mol. The third-order valence-corrected chi connectivity index (χ3v) is 3.41. The molecule has 0 amide bonds. The van der Waals surface area contributed by atoms with Gasteiger partial charge in [-0.15, -0.1) is 0 Å². The Hall–Kier alpha value is -2.52. The van der Waals surface area contributed by atoms with E-state index in [1.165, 1.54) is 13.8 Å². The minimum absolute atomic E-state index is 0.178. The molecule has 0 aliphatic carbocycles. The molecule has 10 nitrogen and oxygen atoms in total. The van der Waals surface area contributed by atoms with Gasteiger partial charge in [-0.3, -0.25) is 9.59 Å². The first-order valence-electron chi connectivity index (χ1n) is 9.84. The standard InChI is InChI=1S/C19H32O10/c1-5-24-18(22)28-14(3)26-16(20)12-10-8-7-9-11-13-17(21)27-15(4)29-19(23)25-6-2/h14-15H,5-13H2,1-4H3. The van der Waals surface area contributed by atoms with Crippen LogP contribution in [-0.4, -0.2) is 50.0 Å². The normalized spacial score (nSPS) is 12.3. The lowest BCUT2D eigenvalue weighted by Crippen LogP contribution is -2.22. The largest absolute Gasteiger partial charge is 0.511 e. The average molecular weight is 420 g/mol. The number of hydrogen-bond donors (Lipinski definition) is 0. The first-order valence-corrected chi connectivity index (χ1v) is 9.84. The Labute approximate surface area is 171 Å². The third kappa shape index (κ3) is 16.2. The molecular formula is C19H32O10. The Morgan fingerprint density at radius 3 is 1.28 bits per heavy atom. The second-order valence-corrected chi connectivity index (χ2v) is 5.98. The number of carbonyl (C=O) groups excluding carboxylic acids is 4. The fourth-order valence-corrected chi connectivity index (χ4v) is 2.18. The SMILES string of the molecule is CCOC(=O)OC(C)OC(=O)CCCCCCCC(=O)OC(C)OC(=O)OCC. The van der Waals surface area contributed by atoms with Gasteiger partial charge in [0, 0.05) is 26.7 Å². The molecule has 0 fully saturated rings. The third-order valence-electron chi connectivity index (χ3n) is 3.41. The lowest BCUT2D eigenvalue weighted by atomic mass is 10.1. The summed E-state index contributed by atoms with van der Waals surface area (Å²) in [6.07, 6.45) is 0.332. The van der Waals surface area contributed by atoms with Crippen LogP contribution in [0.3, 0.4) is 0 Å². The molecule has 0 N–H and O–H groups in total. The molecule has 0 rings (SSSR count). The zero-order valence-electron chi connectivity index (χ0n) is 17.6. The van der Waals surface area contributed by atoms with Crippen molar-refractivity contribution in [1.82, 2.24) is 0 Å². The number of hydrogen-bond acceptors (Lipinski definition) is 10. The quantitative estimate of drug-likeness (QED) is 0.177. The maximum Gasteiger partial charge on any atom is 0.511 e. The van der Waals surface area contributed by atoms with Gasteiger partial charge in [-0.2, -0.15) is 0 Å². The van der Waals surface area contributed by atoms with Crippen molar-refractivity contribution in [3.63, 3.8) is 0 Å². The fourth-order valence-electron chi connectivity index (χ4n) is 2.18. The highest BCUT2D eigenvalue weighted by Gasteiger charge is 2.15. The van der Waals surface area contributed by atoms with Gasteiger partial charge in [0.25, 0.3) is 0 Å². The number of carbonyl (C=O) groups is 4. The molecule has 2 atom stereocenters. The van der Waals surface area contributed by atoms with Gasteiger partial charge in [-0.25, -0.2) is 9.59 Å². The number of rotatable bonds is 14. The van der Waals surface area contributed by atoms with Gasteiger partial charge in [0.15, 0.2) is 0 Å². The second kappa shape index (κ2) is 16.4. The van der Waals surface area contributed by atoms with E-state index < -0.39 is 36.8 Å². The summed E-state index contributed by atoms with van der Waals surface area (Å²) in [5.74, 6) is -0.915. The summed E-state index contributed by atoms with van der Waals surface area (Å²) in [5.41, 5.74) is 0. The Morgan fingerprint density at radius 2 is 0.931 bits per heavy atom. The lowest BCUT2D eigenvalue weighted by molar-refractivity contribution is -0.169. The average Bonchev–Trinajstić information content (AvgIpc) is 2.60. The fraction of sp³-hybridized carbons (Fsp3) is 0.789. The zero-order chi connectivity index (χ0) is 22.1. The highest BCUT2D eigenvalue weighted by atomic mass is 16.8. The van der Waals surface area contributed by atoms with E-state index in [0.717, 1.165) is 19.3 Å². The molecule has 0 heterocycles. The van der Waals surface area contributed by atoms with E-state index in [-0.39, 0.29) is 26.1 Å². The van der Waals surface area contributed by atoms with Gasteiger partial charge in [0.05, 0.1) is 13.2 Å². The summed E-state index contributed by atoms with van der Waals surface area (Å²) in [6.45, 7) is 6.51. The molecule has 0 aliphatic rings. The predicted octanol–water partition coefficient (Wildman–Crippen LogP) is 3.84. The van der Waals surface area contributed by atoms with Crippen LogP contribution < -0.4 is 0 Å². The van der Waals surface area contributed by atoms with Crippen molar-refractivity contribution in [2.24, 2.45) is 0 Å². The molecule has 0 spiro atoms. The Bertz CT molecular complexity index is 461. The van der Waals surface area contributed by atoms with Crippen molar-refractivity contribution >= 4 is 24.2 Å². The summed E-state index contributed by atoms with van der Waals surface area (Å²) in [7, 11) is 0. The lowest BCUT2D eigenvalue weighted by Gasteiger charge is -2.13. The Kier molecular flexibility index (Phi) is 15.0. The van der Waals surface area contributed by atoms with Crippen molar-refractivity contribution in [2.75, 3.05) is 13.2 Å². The van der Waals surface area contributed by atoms with Gasteiger partial charge in [0.1, 0.15) is 0 Å². The van der Waals surface area contributed by atoms with Crippen LogP contribution in [0.2, 0.25) is 0 Å². The summed E-state index contributed by atoms with van der Waals surface area (Å²) < 4.78 is 28.5. The van der Waals surface area contributed by atoms with Gasteiger partial charge < -0.3 is 28.4 Å². The summed E-state index contributed by atoms with van der Waals surface area (Å²) in [4.78, 5) is 45.4. The molecule has 2 unspecified atom stereocenters. The summed E-state index contributed by atoms with van der Waals surface area (Å²) in [5, 5.41) is 0. The van der Waals surface area contributed by atoms with Crippen molar-refractivity contribution in [3.05, 3.63) is 0 Å². The van der Waals surface area contributed by atoms with Gasteiger partial charge in [-0.1, -0.05) is 19.3 Å². The molecule has 0 saturated heterocycles. The van der Waals surface area contributed by atoms with Crippen LogP contribution in [-0.2, 0) is 38.0 Å². The molecule has 10 heteroatoms. The monoisotopic (exact) mass is 420 g/mol. The minimum atomic E-state index is -0.997. The molecule has 29 heavy (non-hydrogen) atoms. The maximum atomic E-state index is 11.6. The van der Waals surface area contributed by atoms with E-state index in [1.807, 2.05) is 0 Å². The molecule has 0 bridgehead atoms. The van der Waals surface area contributed by atoms with Crippen LogP contribution in [0.5, 0.6) is 0 Å². The van der Waals surface area contributed by atoms with Crippen LogP contribution >= 0.6 is 0 Å². The zero-order valence-corrected chi connectivity index (χ0v) is 17.6. The first-order chi connectivity index (χ1) is 13.8. The number of esters is 2. The van der Waals surface area contributed by atoms with E-state index in [1.54, 1.807) is 13.8 Å². The van der Waals surface area contributed by atoms with Crippen LogP contribution in [0.1, 0.15) is 72.6 Å². The number of unbranched alkanes of at least 4 members (excludes halogenated alkanes) is 4. The van der Waals surface area contributed by atoms with Crippen LogP contribution in [0.4, 0.5) is 9.59 Å². The summed E-state index contributed by atoms with van der Waals surface area (Å²) in [6, 6.07) is 0. The van der Waals surface area contributed by atoms with E-state index in [9.17, 15) is 19.2 Å². The highest BCUT2D eigenvalue weighted by Crippen LogP contribution is 2.10. The topological polar surface area (TPSA) is 124 Å². The van der Waals surface area contributed by atoms with Crippen LogP contribution in [0.25, 0.3) is 0 Å². The van der Waals surface area contributed by atoms with Crippen molar-refractivity contribution < 1.29 is 47.6 Å². The molecule has 168 valence electrons. The van der Waals surface area contributed by atoms with Crippen molar-refractivity contribution in [2.45, 2.75) is 85.2 Å². The molecule has 0 aromatic heterocycles. The second-order valence-electron chi connectivity index (χ2n) is 5.98. The van der Waals surface area contributed by atoms with E-state index >= 15 is 0 Å². The Balaban J connectivity index is 3.67.